The van der Waals surface area contributed by atoms with Gasteiger partial charge in [-0.2, -0.15) is 0 Å². The Labute approximate surface area is 175 Å². The van der Waals surface area contributed by atoms with E-state index < -0.39 is 0 Å². The lowest BCUT2D eigenvalue weighted by atomic mass is 9.95. The zero-order chi connectivity index (χ0) is 21.9. The van der Waals surface area contributed by atoms with E-state index in [9.17, 15) is 9.59 Å². The van der Waals surface area contributed by atoms with Gasteiger partial charge in [-0.25, -0.2) is 0 Å². The first kappa shape index (κ1) is 25.1. The van der Waals surface area contributed by atoms with E-state index in [0.717, 1.165) is 5.56 Å². The SMILES string of the molecule is Cc1ccc(CCC(=O)N(CCOCC(C)(C)CN)CC(=O)OCC(C)C)cc1. The van der Waals surface area contributed by atoms with Crippen molar-refractivity contribution in [2.24, 2.45) is 17.1 Å². The van der Waals surface area contributed by atoms with Gasteiger partial charge in [-0.1, -0.05) is 57.5 Å². The summed E-state index contributed by atoms with van der Waals surface area (Å²) in [5.74, 6) is -0.204. The second kappa shape index (κ2) is 12.6. The molecule has 1 aromatic rings. The molecule has 0 aliphatic rings. The molecule has 0 heterocycles. The van der Waals surface area contributed by atoms with Crippen LogP contribution in [0.3, 0.4) is 0 Å². The van der Waals surface area contributed by atoms with Crippen molar-refractivity contribution in [2.45, 2.75) is 47.5 Å². The van der Waals surface area contributed by atoms with Crippen LogP contribution in [0.25, 0.3) is 0 Å². The summed E-state index contributed by atoms with van der Waals surface area (Å²) in [5, 5.41) is 0. The van der Waals surface area contributed by atoms with Gasteiger partial charge in [0.05, 0.1) is 19.8 Å². The quantitative estimate of drug-likeness (QED) is 0.402. The molecular formula is C23H38N2O4. The van der Waals surface area contributed by atoms with Gasteiger partial charge in [0.15, 0.2) is 0 Å². The number of amides is 1. The van der Waals surface area contributed by atoms with Crippen LogP contribution in [-0.4, -0.2) is 56.2 Å². The highest BCUT2D eigenvalue weighted by atomic mass is 16.5. The largest absolute Gasteiger partial charge is 0.464 e. The van der Waals surface area contributed by atoms with Crippen LogP contribution in [0.2, 0.25) is 0 Å². The van der Waals surface area contributed by atoms with Crippen LogP contribution >= 0.6 is 0 Å². The Hall–Kier alpha value is -1.92. The molecule has 0 saturated heterocycles. The minimum absolute atomic E-state index is 0.0525. The summed E-state index contributed by atoms with van der Waals surface area (Å²) in [4.78, 5) is 26.4. The maximum absolute atomic E-state index is 12.7. The van der Waals surface area contributed by atoms with Crippen LogP contribution in [0.4, 0.5) is 0 Å². The maximum Gasteiger partial charge on any atom is 0.325 e. The van der Waals surface area contributed by atoms with Gasteiger partial charge in [-0.05, 0) is 31.4 Å². The van der Waals surface area contributed by atoms with E-state index in [1.165, 1.54) is 10.5 Å². The van der Waals surface area contributed by atoms with Crippen molar-refractivity contribution in [1.82, 2.24) is 4.90 Å². The molecule has 1 aromatic carbocycles. The zero-order valence-electron chi connectivity index (χ0n) is 18.7. The molecule has 0 bridgehead atoms. The van der Waals surface area contributed by atoms with Crippen molar-refractivity contribution in [3.05, 3.63) is 35.4 Å². The molecule has 2 N–H and O–H groups in total. The van der Waals surface area contributed by atoms with Gasteiger partial charge >= 0.3 is 5.97 Å². The monoisotopic (exact) mass is 406 g/mol. The molecule has 164 valence electrons. The smallest absolute Gasteiger partial charge is 0.325 e. The average molecular weight is 407 g/mol. The molecule has 1 amide bonds. The van der Waals surface area contributed by atoms with Gasteiger partial charge in [0.2, 0.25) is 5.91 Å². The minimum Gasteiger partial charge on any atom is -0.464 e. The van der Waals surface area contributed by atoms with E-state index in [4.69, 9.17) is 15.2 Å². The third-order valence-electron chi connectivity index (χ3n) is 4.55. The maximum atomic E-state index is 12.7. The number of hydrogen-bond acceptors (Lipinski definition) is 5. The molecule has 0 atom stereocenters. The summed E-state index contributed by atoms with van der Waals surface area (Å²) in [6.45, 7) is 12.1. The summed E-state index contributed by atoms with van der Waals surface area (Å²) in [5.41, 5.74) is 7.90. The highest BCUT2D eigenvalue weighted by Crippen LogP contribution is 2.13. The molecule has 6 heteroatoms. The average Bonchev–Trinajstić information content (AvgIpc) is 2.68. The minimum atomic E-state index is -0.385. The molecule has 0 aliphatic carbocycles. The Morgan fingerprint density at radius 2 is 1.83 bits per heavy atom. The molecule has 0 saturated carbocycles. The normalized spacial score (nSPS) is 11.6. The van der Waals surface area contributed by atoms with Gasteiger partial charge in [-0.3, -0.25) is 9.59 Å². The van der Waals surface area contributed by atoms with Gasteiger partial charge < -0.3 is 20.1 Å². The molecule has 0 aromatic heterocycles. The fourth-order valence-corrected chi connectivity index (χ4v) is 2.50. The van der Waals surface area contributed by atoms with Crippen molar-refractivity contribution < 1.29 is 19.1 Å². The van der Waals surface area contributed by atoms with Gasteiger partial charge in [-0.15, -0.1) is 0 Å². The first-order chi connectivity index (χ1) is 13.6. The second-order valence-corrected chi connectivity index (χ2v) is 8.80. The lowest BCUT2D eigenvalue weighted by molar-refractivity contribution is -0.150. The van der Waals surface area contributed by atoms with E-state index in [2.05, 4.69) is 0 Å². The molecule has 0 unspecified atom stereocenters. The number of benzene rings is 1. The number of hydrogen-bond donors (Lipinski definition) is 1. The number of carbonyl (C=O) groups is 2. The number of carbonyl (C=O) groups excluding carboxylic acids is 2. The molecule has 0 radical (unpaired) electrons. The molecule has 0 fully saturated rings. The Kier molecular flexibility index (Phi) is 10.9. The van der Waals surface area contributed by atoms with E-state index in [1.54, 1.807) is 0 Å². The van der Waals surface area contributed by atoms with Gasteiger partial charge in [0, 0.05) is 18.4 Å². The third kappa shape index (κ3) is 11.0. The number of esters is 1. The Bertz CT molecular complexity index is 626. The lowest BCUT2D eigenvalue weighted by Crippen LogP contribution is -2.39. The van der Waals surface area contributed by atoms with Crippen LogP contribution in [0.15, 0.2) is 24.3 Å². The summed E-state index contributed by atoms with van der Waals surface area (Å²) < 4.78 is 10.9. The van der Waals surface area contributed by atoms with Crippen molar-refractivity contribution in [3.8, 4) is 0 Å². The summed E-state index contributed by atoms with van der Waals surface area (Å²) >= 11 is 0. The van der Waals surface area contributed by atoms with E-state index >= 15 is 0 Å². The predicted octanol–water partition coefficient (Wildman–Crippen LogP) is 2.96. The van der Waals surface area contributed by atoms with Gasteiger partial charge in [0.25, 0.3) is 0 Å². The molecular weight excluding hydrogens is 368 g/mol. The van der Waals surface area contributed by atoms with Gasteiger partial charge in [0.1, 0.15) is 6.54 Å². The fourth-order valence-electron chi connectivity index (χ4n) is 2.50. The summed E-state index contributed by atoms with van der Waals surface area (Å²) in [6.07, 6.45) is 0.979. The standard InChI is InChI=1S/C23H38N2O4/c1-18(2)15-29-22(27)14-25(12-13-28-17-23(4,5)16-24)21(26)11-10-20-8-6-19(3)7-9-20/h6-9,18H,10-17,24H2,1-5H3. The van der Waals surface area contributed by atoms with Crippen LogP contribution in [0, 0.1) is 18.3 Å². The number of nitrogens with zero attached hydrogens (tertiary/aromatic N) is 1. The molecule has 1 rings (SSSR count). The zero-order valence-corrected chi connectivity index (χ0v) is 18.7. The Morgan fingerprint density at radius 3 is 2.41 bits per heavy atom. The first-order valence-electron chi connectivity index (χ1n) is 10.4. The number of aryl methyl sites for hydroxylation is 2. The first-order valence-corrected chi connectivity index (χ1v) is 10.4. The predicted molar refractivity (Wildman–Crippen MR) is 116 cm³/mol. The highest BCUT2D eigenvalue weighted by Gasteiger charge is 2.20. The number of ether oxygens (including phenoxy) is 2. The van der Waals surface area contributed by atoms with E-state index in [0.29, 0.717) is 45.8 Å². The Morgan fingerprint density at radius 1 is 1.17 bits per heavy atom. The van der Waals surface area contributed by atoms with Crippen LogP contribution < -0.4 is 5.73 Å². The number of rotatable bonds is 13. The van der Waals surface area contributed by atoms with Crippen molar-refractivity contribution >= 4 is 11.9 Å². The van der Waals surface area contributed by atoms with Crippen molar-refractivity contribution in [2.75, 3.05) is 39.5 Å². The lowest BCUT2D eigenvalue weighted by Gasteiger charge is -2.25. The molecule has 6 nitrogen and oxygen atoms in total. The van der Waals surface area contributed by atoms with E-state index in [-0.39, 0.29) is 29.8 Å². The third-order valence-corrected chi connectivity index (χ3v) is 4.55. The summed E-state index contributed by atoms with van der Waals surface area (Å²) in [7, 11) is 0. The Balaban J connectivity index is 2.60. The molecule has 0 aliphatic heterocycles. The van der Waals surface area contributed by atoms with Crippen LogP contribution in [0.5, 0.6) is 0 Å². The van der Waals surface area contributed by atoms with E-state index in [1.807, 2.05) is 58.9 Å². The summed E-state index contributed by atoms with van der Waals surface area (Å²) in [6, 6.07) is 8.13. The van der Waals surface area contributed by atoms with Crippen molar-refractivity contribution in [3.63, 3.8) is 0 Å². The van der Waals surface area contributed by atoms with Crippen LogP contribution in [-0.2, 0) is 25.5 Å². The molecule has 0 spiro atoms. The fraction of sp³-hybridized carbons (Fsp3) is 0.652. The molecule has 29 heavy (non-hydrogen) atoms. The number of nitrogens with two attached hydrogens (primary N) is 1. The highest BCUT2D eigenvalue weighted by molar-refractivity contribution is 5.82. The van der Waals surface area contributed by atoms with Crippen molar-refractivity contribution in [1.29, 1.82) is 0 Å². The second-order valence-electron chi connectivity index (χ2n) is 8.80. The van der Waals surface area contributed by atoms with Crippen LogP contribution in [0.1, 0.15) is 45.2 Å². The topological polar surface area (TPSA) is 81.9 Å².